The summed E-state index contributed by atoms with van der Waals surface area (Å²) in [5.41, 5.74) is 2.55. The van der Waals surface area contributed by atoms with Crippen molar-refractivity contribution in [2.45, 2.75) is 13.8 Å². The van der Waals surface area contributed by atoms with Crippen molar-refractivity contribution in [3.8, 4) is 28.4 Å². The molecule has 1 aromatic heterocycles. The Morgan fingerprint density at radius 3 is 2.44 bits per heavy atom. The van der Waals surface area contributed by atoms with E-state index in [1.165, 1.54) is 0 Å². The first-order valence-electron chi connectivity index (χ1n) is 10.5. The molecule has 170 valence electrons. The van der Waals surface area contributed by atoms with E-state index in [-0.39, 0.29) is 11.3 Å². The van der Waals surface area contributed by atoms with E-state index in [1.54, 1.807) is 31.2 Å². The lowest BCUT2D eigenvalue weighted by Crippen LogP contribution is -2.40. The first kappa shape index (κ1) is 23.3. The fraction of sp³-hybridized carbons (Fsp3) is 0.360. The number of hydrogen-bond donors (Lipinski definition) is 1. The number of aromatic nitrogens is 2. The van der Waals surface area contributed by atoms with E-state index in [4.69, 9.17) is 14.6 Å². The van der Waals surface area contributed by atoms with E-state index in [0.717, 1.165) is 17.8 Å². The van der Waals surface area contributed by atoms with Crippen molar-refractivity contribution in [3.63, 3.8) is 0 Å². The second-order valence-corrected chi connectivity index (χ2v) is 8.82. The van der Waals surface area contributed by atoms with E-state index >= 15 is 0 Å². The standard InChI is InChI=1S/C25H32N4O3/c1-25(2,17-28(3)4)16-26-24(30)21-15-29(18-10-8-7-9-11-18)27-23(21)20-13-12-19(31-5)14-22(20)32-6/h7-15H,16-17H2,1-6H3,(H,26,30). The highest BCUT2D eigenvalue weighted by Gasteiger charge is 2.24. The fourth-order valence-electron chi connectivity index (χ4n) is 3.77. The molecule has 0 aliphatic carbocycles. The number of amides is 1. The quantitative estimate of drug-likeness (QED) is 0.551. The van der Waals surface area contributed by atoms with Crippen molar-refractivity contribution in [1.82, 2.24) is 20.0 Å². The summed E-state index contributed by atoms with van der Waals surface area (Å²) < 4.78 is 12.6. The first-order chi connectivity index (χ1) is 15.2. The van der Waals surface area contributed by atoms with Gasteiger partial charge in [0.05, 0.1) is 25.5 Å². The molecule has 0 aliphatic heterocycles. The maximum Gasteiger partial charge on any atom is 0.255 e. The Labute approximate surface area is 190 Å². The van der Waals surface area contributed by atoms with Gasteiger partial charge in [-0.1, -0.05) is 32.0 Å². The van der Waals surface area contributed by atoms with Crippen LogP contribution in [-0.2, 0) is 0 Å². The molecular weight excluding hydrogens is 404 g/mol. The van der Waals surface area contributed by atoms with Crippen molar-refractivity contribution >= 4 is 5.91 Å². The van der Waals surface area contributed by atoms with E-state index < -0.39 is 0 Å². The highest BCUT2D eigenvalue weighted by Crippen LogP contribution is 2.35. The van der Waals surface area contributed by atoms with Crippen LogP contribution in [0.4, 0.5) is 0 Å². The number of hydrogen-bond acceptors (Lipinski definition) is 5. The molecule has 0 saturated carbocycles. The largest absolute Gasteiger partial charge is 0.497 e. The number of para-hydroxylation sites is 1. The highest BCUT2D eigenvalue weighted by atomic mass is 16.5. The molecule has 1 heterocycles. The second kappa shape index (κ2) is 9.87. The van der Waals surface area contributed by atoms with Gasteiger partial charge in [0.1, 0.15) is 17.2 Å². The third-order valence-corrected chi connectivity index (χ3v) is 5.12. The van der Waals surface area contributed by atoms with Gasteiger partial charge < -0.3 is 19.7 Å². The molecule has 3 rings (SSSR count). The zero-order valence-corrected chi connectivity index (χ0v) is 19.7. The van der Waals surface area contributed by atoms with Crippen LogP contribution in [0.3, 0.4) is 0 Å². The van der Waals surface area contributed by atoms with Gasteiger partial charge in [-0.05, 0) is 43.8 Å². The Kier molecular flexibility index (Phi) is 7.20. The third kappa shape index (κ3) is 5.48. The first-order valence-corrected chi connectivity index (χ1v) is 10.5. The van der Waals surface area contributed by atoms with Crippen LogP contribution in [0, 0.1) is 5.41 Å². The second-order valence-electron chi connectivity index (χ2n) is 8.82. The van der Waals surface area contributed by atoms with Crippen molar-refractivity contribution in [3.05, 3.63) is 60.3 Å². The number of rotatable bonds is 9. The number of carbonyl (C=O) groups is 1. The molecule has 7 heteroatoms. The lowest BCUT2D eigenvalue weighted by atomic mass is 9.93. The Bertz CT molecular complexity index is 1060. The predicted octanol–water partition coefficient (Wildman–Crippen LogP) is 3.87. The van der Waals surface area contributed by atoms with Crippen molar-refractivity contribution in [2.75, 3.05) is 41.4 Å². The molecule has 0 saturated heterocycles. The van der Waals surface area contributed by atoms with Crippen LogP contribution < -0.4 is 14.8 Å². The summed E-state index contributed by atoms with van der Waals surface area (Å²) in [6, 6.07) is 15.2. The zero-order chi connectivity index (χ0) is 23.3. The average Bonchev–Trinajstić information content (AvgIpc) is 3.22. The number of ether oxygens (including phenoxy) is 2. The number of benzene rings is 2. The number of nitrogens with zero attached hydrogens (tertiary/aromatic N) is 3. The van der Waals surface area contributed by atoms with Crippen molar-refractivity contribution in [1.29, 1.82) is 0 Å². The van der Waals surface area contributed by atoms with Gasteiger partial charge in [0.2, 0.25) is 0 Å². The van der Waals surface area contributed by atoms with Crippen LogP contribution in [0.5, 0.6) is 11.5 Å². The summed E-state index contributed by atoms with van der Waals surface area (Å²) in [7, 11) is 7.26. The summed E-state index contributed by atoms with van der Waals surface area (Å²) in [5.74, 6) is 1.08. The maximum absolute atomic E-state index is 13.3. The zero-order valence-electron chi connectivity index (χ0n) is 19.7. The topological polar surface area (TPSA) is 68.6 Å². The van der Waals surface area contributed by atoms with Crippen LogP contribution in [0.15, 0.2) is 54.7 Å². The Morgan fingerprint density at radius 1 is 1.09 bits per heavy atom. The molecule has 0 aliphatic rings. The molecule has 0 atom stereocenters. The molecule has 0 spiro atoms. The normalized spacial score (nSPS) is 11.5. The SMILES string of the molecule is COc1ccc(-c2nn(-c3ccccc3)cc2C(=O)NCC(C)(C)CN(C)C)c(OC)c1. The molecule has 0 radical (unpaired) electrons. The van der Waals surface area contributed by atoms with Gasteiger partial charge in [0, 0.05) is 30.9 Å². The van der Waals surface area contributed by atoms with Gasteiger partial charge in [0.25, 0.3) is 5.91 Å². The molecule has 32 heavy (non-hydrogen) atoms. The van der Waals surface area contributed by atoms with Gasteiger partial charge in [-0.3, -0.25) is 4.79 Å². The molecule has 1 N–H and O–H groups in total. The molecule has 1 amide bonds. The Balaban J connectivity index is 2.01. The number of methoxy groups -OCH3 is 2. The summed E-state index contributed by atoms with van der Waals surface area (Å²) in [6.45, 7) is 5.66. The minimum absolute atomic E-state index is 0.0768. The molecule has 3 aromatic rings. The summed E-state index contributed by atoms with van der Waals surface area (Å²) in [5, 5.41) is 7.85. The Hall–Kier alpha value is -3.32. The van der Waals surface area contributed by atoms with Gasteiger partial charge in [-0.15, -0.1) is 0 Å². The highest BCUT2D eigenvalue weighted by molar-refractivity contribution is 6.00. The minimum atomic E-state index is -0.174. The fourth-order valence-corrected chi connectivity index (χ4v) is 3.77. The molecule has 0 fully saturated rings. The van der Waals surface area contributed by atoms with E-state index in [1.807, 2.05) is 56.6 Å². The summed E-state index contributed by atoms with van der Waals surface area (Å²) in [6.07, 6.45) is 1.77. The van der Waals surface area contributed by atoms with Crippen LogP contribution in [0.25, 0.3) is 16.9 Å². The van der Waals surface area contributed by atoms with Crippen LogP contribution in [0.1, 0.15) is 24.2 Å². The molecular formula is C25H32N4O3. The van der Waals surface area contributed by atoms with Gasteiger partial charge >= 0.3 is 0 Å². The summed E-state index contributed by atoms with van der Waals surface area (Å²) in [4.78, 5) is 15.4. The molecule has 2 aromatic carbocycles. The monoisotopic (exact) mass is 436 g/mol. The average molecular weight is 437 g/mol. The third-order valence-electron chi connectivity index (χ3n) is 5.12. The van der Waals surface area contributed by atoms with Gasteiger partial charge in [-0.2, -0.15) is 5.10 Å². The van der Waals surface area contributed by atoms with Gasteiger partial charge in [-0.25, -0.2) is 4.68 Å². The van der Waals surface area contributed by atoms with Crippen molar-refractivity contribution < 1.29 is 14.3 Å². The minimum Gasteiger partial charge on any atom is -0.497 e. The van der Waals surface area contributed by atoms with E-state index in [2.05, 4.69) is 24.1 Å². The van der Waals surface area contributed by atoms with Crippen LogP contribution in [-0.4, -0.2) is 62.0 Å². The number of nitrogens with one attached hydrogen (secondary N) is 1. The molecule has 7 nitrogen and oxygen atoms in total. The Morgan fingerprint density at radius 2 is 1.81 bits per heavy atom. The lowest BCUT2D eigenvalue weighted by molar-refractivity contribution is 0.0930. The summed E-state index contributed by atoms with van der Waals surface area (Å²) >= 11 is 0. The van der Waals surface area contributed by atoms with Crippen LogP contribution >= 0.6 is 0 Å². The molecule has 0 bridgehead atoms. The van der Waals surface area contributed by atoms with E-state index in [9.17, 15) is 4.79 Å². The number of carbonyl (C=O) groups excluding carboxylic acids is 1. The van der Waals surface area contributed by atoms with Crippen molar-refractivity contribution in [2.24, 2.45) is 5.41 Å². The maximum atomic E-state index is 13.3. The predicted molar refractivity (Wildman–Crippen MR) is 127 cm³/mol. The van der Waals surface area contributed by atoms with Crippen LogP contribution in [0.2, 0.25) is 0 Å². The lowest BCUT2D eigenvalue weighted by Gasteiger charge is -2.28. The van der Waals surface area contributed by atoms with E-state index in [0.29, 0.717) is 29.3 Å². The smallest absolute Gasteiger partial charge is 0.255 e. The molecule has 0 unspecified atom stereocenters. The van der Waals surface area contributed by atoms with Gasteiger partial charge in [0.15, 0.2) is 0 Å².